The molecule has 4 aromatic rings. The lowest BCUT2D eigenvalue weighted by Gasteiger charge is -2.17. The van der Waals surface area contributed by atoms with Crippen LogP contribution in [-0.2, 0) is 6.54 Å². The Morgan fingerprint density at radius 3 is 2.48 bits per heavy atom. The Hall–Kier alpha value is -3.48. The Morgan fingerprint density at radius 1 is 0.897 bits per heavy atom. The van der Waals surface area contributed by atoms with Gasteiger partial charge in [0.1, 0.15) is 11.6 Å². The van der Waals surface area contributed by atoms with Crippen molar-refractivity contribution in [2.75, 3.05) is 23.3 Å². The van der Waals surface area contributed by atoms with E-state index in [1.54, 1.807) is 22.7 Å². The summed E-state index contributed by atoms with van der Waals surface area (Å²) in [5.74, 6) is 0.718. The van der Waals surface area contributed by atoms with Gasteiger partial charge < -0.3 is 10.2 Å². The summed E-state index contributed by atoms with van der Waals surface area (Å²) < 4.78 is 15.7. The van der Waals surface area contributed by atoms with Crippen molar-refractivity contribution in [1.82, 2.24) is 19.8 Å². The van der Waals surface area contributed by atoms with E-state index in [0.717, 1.165) is 13.1 Å². The van der Waals surface area contributed by atoms with Gasteiger partial charge in [0.05, 0.1) is 5.56 Å². The fourth-order valence-corrected chi connectivity index (χ4v) is 3.69. The molecule has 146 valence electrons. The van der Waals surface area contributed by atoms with Crippen LogP contribution in [0.1, 0.15) is 18.4 Å². The average molecular weight is 388 g/mol. The van der Waals surface area contributed by atoms with Gasteiger partial charge in [0.15, 0.2) is 11.5 Å². The summed E-state index contributed by atoms with van der Waals surface area (Å²) in [6.45, 7) is 2.94. The Bertz CT molecular complexity index is 1130. The maximum Gasteiger partial charge on any atom is 0.188 e. The first-order valence-corrected chi connectivity index (χ1v) is 9.83. The molecule has 5 rings (SSSR count). The second kappa shape index (κ2) is 7.50. The van der Waals surface area contributed by atoms with Crippen LogP contribution in [0.2, 0.25) is 0 Å². The van der Waals surface area contributed by atoms with Crippen LogP contribution in [0, 0.1) is 5.82 Å². The number of halogens is 1. The predicted octanol–water partition coefficient (Wildman–Crippen LogP) is 4.14. The minimum atomic E-state index is -0.347. The molecule has 1 fully saturated rings. The number of nitrogens with zero attached hydrogens (tertiary/aromatic N) is 5. The summed E-state index contributed by atoms with van der Waals surface area (Å²) in [5, 5.41) is 16.1. The smallest absolute Gasteiger partial charge is 0.188 e. The van der Waals surface area contributed by atoms with Crippen LogP contribution < -0.4 is 10.2 Å². The molecule has 2 aromatic carbocycles. The largest absolute Gasteiger partial charge is 0.372 e. The fourth-order valence-electron chi connectivity index (χ4n) is 3.69. The third-order valence-electron chi connectivity index (χ3n) is 5.26. The van der Waals surface area contributed by atoms with E-state index in [4.69, 9.17) is 0 Å². The van der Waals surface area contributed by atoms with Crippen LogP contribution in [-0.4, -0.2) is 32.9 Å². The maximum atomic E-state index is 14.2. The molecule has 0 saturated carbocycles. The van der Waals surface area contributed by atoms with Crippen molar-refractivity contribution in [3.05, 3.63) is 72.0 Å². The van der Waals surface area contributed by atoms with Gasteiger partial charge in [0.25, 0.3) is 0 Å². The van der Waals surface area contributed by atoms with Gasteiger partial charge >= 0.3 is 0 Å². The summed E-state index contributed by atoms with van der Waals surface area (Å²) in [6, 6.07) is 18.8. The highest BCUT2D eigenvalue weighted by molar-refractivity contribution is 5.60. The number of nitrogens with one attached hydrogen (secondary N) is 1. The second-order valence-corrected chi connectivity index (χ2v) is 7.21. The maximum absolute atomic E-state index is 14.2. The molecule has 1 N–H and O–H groups in total. The molecule has 0 bridgehead atoms. The van der Waals surface area contributed by atoms with E-state index in [9.17, 15) is 4.39 Å². The summed E-state index contributed by atoms with van der Waals surface area (Å²) in [5.41, 5.74) is 3.41. The quantitative estimate of drug-likeness (QED) is 0.557. The molecule has 1 saturated heterocycles. The van der Waals surface area contributed by atoms with Crippen LogP contribution >= 0.6 is 0 Å². The Labute approximate surface area is 168 Å². The van der Waals surface area contributed by atoms with Crippen LogP contribution in [0.3, 0.4) is 0 Å². The van der Waals surface area contributed by atoms with Crippen molar-refractivity contribution in [2.24, 2.45) is 0 Å². The molecule has 1 aliphatic rings. The van der Waals surface area contributed by atoms with Crippen LogP contribution in [0.4, 0.5) is 15.9 Å². The highest BCUT2D eigenvalue weighted by Gasteiger charge is 2.14. The lowest BCUT2D eigenvalue weighted by atomic mass is 10.2. The zero-order valence-electron chi connectivity index (χ0n) is 15.9. The van der Waals surface area contributed by atoms with Gasteiger partial charge in [-0.05, 0) is 54.8 Å². The number of rotatable bonds is 5. The number of fused-ring (bicyclic) bond motifs is 1. The molecule has 0 unspecified atom stereocenters. The molecule has 1 aliphatic heterocycles. The van der Waals surface area contributed by atoms with Crippen LogP contribution in [0.15, 0.2) is 60.7 Å². The summed E-state index contributed by atoms with van der Waals surface area (Å²) >= 11 is 0. The van der Waals surface area contributed by atoms with Gasteiger partial charge in [0, 0.05) is 25.3 Å². The fraction of sp³-hybridized carbons (Fsp3) is 0.227. The molecule has 7 heteroatoms. The first kappa shape index (κ1) is 17.6. The van der Waals surface area contributed by atoms with Gasteiger partial charge in [0.2, 0.25) is 0 Å². The molecule has 0 amide bonds. The highest BCUT2D eigenvalue weighted by Crippen LogP contribution is 2.22. The van der Waals surface area contributed by atoms with Crippen molar-refractivity contribution in [3.63, 3.8) is 0 Å². The van der Waals surface area contributed by atoms with E-state index in [1.807, 2.05) is 12.1 Å². The minimum Gasteiger partial charge on any atom is -0.372 e. The number of hydrogen-bond donors (Lipinski definition) is 1. The monoisotopic (exact) mass is 388 g/mol. The molecule has 0 spiro atoms. The van der Waals surface area contributed by atoms with E-state index in [2.05, 4.69) is 49.8 Å². The van der Waals surface area contributed by atoms with Gasteiger partial charge in [-0.2, -0.15) is 4.52 Å². The summed E-state index contributed by atoms with van der Waals surface area (Å²) in [7, 11) is 0. The molecule has 0 atom stereocenters. The number of benzene rings is 2. The first-order chi connectivity index (χ1) is 14.3. The Balaban J connectivity index is 1.34. The molecule has 6 nitrogen and oxygen atoms in total. The topological polar surface area (TPSA) is 58.4 Å². The Kier molecular flexibility index (Phi) is 4.56. The van der Waals surface area contributed by atoms with Crippen LogP contribution in [0.25, 0.3) is 17.0 Å². The third kappa shape index (κ3) is 3.51. The molecular weight excluding hydrogens is 367 g/mol. The van der Waals surface area contributed by atoms with E-state index in [1.165, 1.54) is 30.2 Å². The van der Waals surface area contributed by atoms with Gasteiger partial charge in [-0.3, -0.25) is 0 Å². The third-order valence-corrected chi connectivity index (χ3v) is 5.26. The van der Waals surface area contributed by atoms with Crippen molar-refractivity contribution in [2.45, 2.75) is 19.4 Å². The predicted molar refractivity (Wildman–Crippen MR) is 111 cm³/mol. The normalized spacial score (nSPS) is 13.9. The second-order valence-electron chi connectivity index (χ2n) is 7.21. The molecule has 0 radical (unpaired) electrons. The Morgan fingerprint density at radius 2 is 1.69 bits per heavy atom. The molecule has 2 aromatic heterocycles. The molecular formula is C22H21FN6. The van der Waals surface area contributed by atoms with Crippen molar-refractivity contribution in [3.8, 4) is 11.4 Å². The SMILES string of the molecule is Fc1ccccc1-c1nnc2ccc(NCc3ccc(N4CCCC4)cc3)nn12. The summed E-state index contributed by atoms with van der Waals surface area (Å²) in [6.07, 6.45) is 2.55. The molecule has 0 aliphatic carbocycles. The number of aromatic nitrogens is 4. The zero-order valence-corrected chi connectivity index (χ0v) is 15.9. The van der Waals surface area contributed by atoms with Crippen molar-refractivity contribution >= 4 is 17.2 Å². The van der Waals surface area contributed by atoms with Crippen molar-refractivity contribution in [1.29, 1.82) is 0 Å². The summed E-state index contributed by atoms with van der Waals surface area (Å²) in [4.78, 5) is 2.42. The number of anilines is 2. The van der Waals surface area contributed by atoms with E-state index in [0.29, 0.717) is 29.4 Å². The lowest BCUT2D eigenvalue weighted by Crippen LogP contribution is -2.17. The number of hydrogen-bond acceptors (Lipinski definition) is 5. The van der Waals surface area contributed by atoms with E-state index in [-0.39, 0.29) is 5.82 Å². The zero-order chi connectivity index (χ0) is 19.6. The lowest BCUT2D eigenvalue weighted by molar-refractivity contribution is 0.629. The van der Waals surface area contributed by atoms with Gasteiger partial charge in [-0.25, -0.2) is 4.39 Å². The minimum absolute atomic E-state index is 0.347. The average Bonchev–Trinajstić information content (AvgIpc) is 3.43. The molecule has 3 heterocycles. The first-order valence-electron chi connectivity index (χ1n) is 9.83. The van der Waals surface area contributed by atoms with E-state index >= 15 is 0 Å². The highest BCUT2D eigenvalue weighted by atomic mass is 19.1. The molecule has 29 heavy (non-hydrogen) atoms. The van der Waals surface area contributed by atoms with Gasteiger partial charge in [-0.1, -0.05) is 24.3 Å². The van der Waals surface area contributed by atoms with E-state index < -0.39 is 0 Å². The van der Waals surface area contributed by atoms with Crippen molar-refractivity contribution < 1.29 is 4.39 Å². The van der Waals surface area contributed by atoms with Gasteiger partial charge in [-0.15, -0.1) is 15.3 Å². The van der Waals surface area contributed by atoms with Crippen LogP contribution in [0.5, 0.6) is 0 Å². The standard InChI is InChI=1S/C22H21FN6/c23-19-6-2-1-5-18(19)22-26-25-21-12-11-20(27-29(21)22)24-15-16-7-9-17(10-8-16)28-13-3-4-14-28/h1-2,5-12H,3-4,13-15H2,(H,24,27).